The predicted molar refractivity (Wildman–Crippen MR) is 88.6 cm³/mol. The van der Waals surface area contributed by atoms with Crippen molar-refractivity contribution in [2.24, 2.45) is 0 Å². The zero-order valence-corrected chi connectivity index (χ0v) is 14.8. The number of likely N-dealkylation sites (N-methyl/N-ethyl adjacent to an activating group) is 1. The van der Waals surface area contributed by atoms with Crippen LogP contribution >= 0.6 is 0 Å². The number of nitrogens with zero attached hydrogens (tertiary/aromatic N) is 4. The molecule has 3 heterocycles. The molecule has 0 aromatic carbocycles. The highest BCUT2D eigenvalue weighted by Crippen LogP contribution is 2.42. The SMILES string of the molecule is CCN1CCn2c(C)cnc2C12CCN(S(=O)(=O)C1CC1)CC2. The van der Waals surface area contributed by atoms with Gasteiger partial charge in [-0.1, -0.05) is 6.92 Å². The minimum absolute atomic E-state index is 0.0865. The van der Waals surface area contributed by atoms with Crippen molar-refractivity contribution in [3.05, 3.63) is 17.7 Å². The third-order valence-electron chi connectivity index (χ3n) is 5.91. The summed E-state index contributed by atoms with van der Waals surface area (Å²) in [5.74, 6) is 1.14. The van der Waals surface area contributed by atoms with Gasteiger partial charge in [-0.25, -0.2) is 17.7 Å². The summed E-state index contributed by atoms with van der Waals surface area (Å²) in [6.07, 6.45) is 5.35. The molecule has 0 bridgehead atoms. The minimum Gasteiger partial charge on any atom is -0.329 e. The number of hydrogen-bond donors (Lipinski definition) is 0. The number of rotatable bonds is 3. The molecular weight excluding hydrogens is 312 g/mol. The molecule has 1 saturated heterocycles. The zero-order chi connectivity index (χ0) is 16.2. The fraction of sp³-hybridized carbons (Fsp3) is 0.812. The van der Waals surface area contributed by atoms with Crippen molar-refractivity contribution in [1.82, 2.24) is 18.8 Å². The third kappa shape index (κ3) is 2.27. The van der Waals surface area contributed by atoms with Crippen molar-refractivity contribution in [2.75, 3.05) is 26.2 Å². The van der Waals surface area contributed by atoms with E-state index in [2.05, 4.69) is 23.3 Å². The molecule has 1 saturated carbocycles. The number of sulfonamides is 1. The van der Waals surface area contributed by atoms with Gasteiger partial charge in [0.1, 0.15) is 5.82 Å². The maximum atomic E-state index is 12.5. The molecule has 1 spiro atoms. The van der Waals surface area contributed by atoms with Gasteiger partial charge in [0.25, 0.3) is 0 Å². The molecule has 1 aromatic rings. The number of piperidine rings is 1. The van der Waals surface area contributed by atoms with Crippen LogP contribution < -0.4 is 0 Å². The maximum absolute atomic E-state index is 12.5. The van der Waals surface area contributed by atoms with E-state index in [-0.39, 0.29) is 10.8 Å². The molecule has 0 amide bonds. The Labute approximate surface area is 138 Å². The van der Waals surface area contributed by atoms with Gasteiger partial charge in [-0.2, -0.15) is 0 Å². The summed E-state index contributed by atoms with van der Waals surface area (Å²) in [4.78, 5) is 7.23. The second-order valence-electron chi connectivity index (χ2n) is 7.13. The quantitative estimate of drug-likeness (QED) is 0.834. The lowest BCUT2D eigenvalue weighted by Crippen LogP contribution is -2.58. The average Bonchev–Trinajstić information content (AvgIpc) is 3.34. The number of fused-ring (bicyclic) bond motifs is 2. The molecule has 0 radical (unpaired) electrons. The van der Waals surface area contributed by atoms with E-state index in [1.54, 1.807) is 4.31 Å². The van der Waals surface area contributed by atoms with Crippen LogP contribution in [0.4, 0.5) is 0 Å². The Morgan fingerprint density at radius 3 is 2.52 bits per heavy atom. The fourth-order valence-corrected chi connectivity index (χ4v) is 6.22. The summed E-state index contributed by atoms with van der Waals surface area (Å²) in [6, 6.07) is 0. The van der Waals surface area contributed by atoms with Crippen LogP contribution in [0.25, 0.3) is 0 Å². The van der Waals surface area contributed by atoms with Crippen LogP contribution in [0, 0.1) is 6.92 Å². The molecule has 0 unspecified atom stereocenters. The minimum atomic E-state index is -3.05. The molecule has 2 aliphatic heterocycles. The summed E-state index contributed by atoms with van der Waals surface area (Å²) in [5.41, 5.74) is 1.12. The van der Waals surface area contributed by atoms with Gasteiger partial charge in [0.2, 0.25) is 10.0 Å². The predicted octanol–water partition coefficient (Wildman–Crippen LogP) is 1.31. The first-order valence-corrected chi connectivity index (χ1v) is 10.3. The molecule has 4 rings (SSSR count). The van der Waals surface area contributed by atoms with Crippen molar-refractivity contribution < 1.29 is 8.42 Å². The van der Waals surface area contributed by atoms with E-state index in [0.717, 1.165) is 51.1 Å². The standard InChI is InChI=1S/C16H26N4O2S/c1-3-18-10-11-20-13(2)12-17-15(20)16(18)6-8-19(9-7-16)23(21,22)14-4-5-14/h12,14H,3-11H2,1-2H3. The Morgan fingerprint density at radius 1 is 1.22 bits per heavy atom. The van der Waals surface area contributed by atoms with Gasteiger partial charge in [0, 0.05) is 38.1 Å². The Bertz CT molecular complexity index is 700. The second-order valence-corrected chi connectivity index (χ2v) is 9.34. The lowest BCUT2D eigenvalue weighted by Gasteiger charge is -2.50. The first kappa shape index (κ1) is 15.6. The maximum Gasteiger partial charge on any atom is 0.216 e. The molecular formula is C16H26N4O2S. The van der Waals surface area contributed by atoms with E-state index in [9.17, 15) is 8.42 Å². The topological polar surface area (TPSA) is 58.4 Å². The second kappa shape index (κ2) is 5.29. The summed E-state index contributed by atoms with van der Waals surface area (Å²) >= 11 is 0. The molecule has 23 heavy (non-hydrogen) atoms. The largest absolute Gasteiger partial charge is 0.329 e. The Morgan fingerprint density at radius 2 is 1.91 bits per heavy atom. The molecule has 6 nitrogen and oxygen atoms in total. The van der Waals surface area contributed by atoms with Gasteiger partial charge in [0.05, 0.1) is 10.8 Å². The first-order chi connectivity index (χ1) is 11.0. The summed E-state index contributed by atoms with van der Waals surface area (Å²) < 4.78 is 29.1. The van der Waals surface area contributed by atoms with Gasteiger partial charge < -0.3 is 4.57 Å². The van der Waals surface area contributed by atoms with Crippen LogP contribution in [0.3, 0.4) is 0 Å². The van der Waals surface area contributed by atoms with Crippen LogP contribution in [0.1, 0.15) is 44.1 Å². The van der Waals surface area contributed by atoms with Crippen LogP contribution in [-0.2, 0) is 22.1 Å². The highest BCUT2D eigenvalue weighted by Gasteiger charge is 2.49. The van der Waals surface area contributed by atoms with Gasteiger partial charge in [-0.15, -0.1) is 0 Å². The normalized spacial score (nSPS) is 25.7. The van der Waals surface area contributed by atoms with Crippen LogP contribution in [0.15, 0.2) is 6.20 Å². The average molecular weight is 338 g/mol. The lowest BCUT2D eigenvalue weighted by molar-refractivity contribution is 0.00927. The van der Waals surface area contributed by atoms with Crippen molar-refractivity contribution >= 4 is 10.0 Å². The monoisotopic (exact) mass is 338 g/mol. The number of aryl methyl sites for hydroxylation is 1. The highest BCUT2D eigenvalue weighted by molar-refractivity contribution is 7.90. The molecule has 3 aliphatic rings. The van der Waals surface area contributed by atoms with Crippen molar-refractivity contribution in [3.8, 4) is 0 Å². The van der Waals surface area contributed by atoms with E-state index < -0.39 is 10.0 Å². The zero-order valence-electron chi connectivity index (χ0n) is 14.0. The Kier molecular flexibility index (Phi) is 3.59. The van der Waals surface area contributed by atoms with E-state index in [0.29, 0.717) is 13.1 Å². The van der Waals surface area contributed by atoms with Gasteiger partial charge in [0.15, 0.2) is 0 Å². The van der Waals surface area contributed by atoms with Gasteiger partial charge >= 0.3 is 0 Å². The number of hydrogen-bond acceptors (Lipinski definition) is 4. The van der Waals surface area contributed by atoms with E-state index in [4.69, 9.17) is 4.98 Å². The summed E-state index contributed by atoms with van der Waals surface area (Å²) in [5, 5.41) is -0.102. The Hall–Kier alpha value is -0.920. The van der Waals surface area contributed by atoms with Crippen LogP contribution in [-0.4, -0.2) is 58.6 Å². The van der Waals surface area contributed by atoms with Gasteiger partial charge in [-0.3, -0.25) is 4.90 Å². The summed E-state index contributed by atoms with van der Waals surface area (Å²) in [6.45, 7) is 8.56. The number of imidazole rings is 1. The van der Waals surface area contributed by atoms with Crippen molar-refractivity contribution in [2.45, 2.75) is 56.9 Å². The molecule has 1 aromatic heterocycles. The molecule has 128 valence electrons. The molecule has 0 N–H and O–H groups in total. The van der Waals surface area contributed by atoms with Crippen molar-refractivity contribution in [3.63, 3.8) is 0 Å². The third-order valence-corrected chi connectivity index (χ3v) is 8.31. The molecule has 2 fully saturated rings. The first-order valence-electron chi connectivity index (χ1n) is 8.75. The van der Waals surface area contributed by atoms with Crippen LogP contribution in [0.5, 0.6) is 0 Å². The molecule has 0 atom stereocenters. The van der Waals surface area contributed by atoms with E-state index in [1.165, 1.54) is 5.69 Å². The smallest absolute Gasteiger partial charge is 0.216 e. The van der Waals surface area contributed by atoms with E-state index in [1.807, 2.05) is 6.20 Å². The molecule has 7 heteroatoms. The van der Waals surface area contributed by atoms with Crippen molar-refractivity contribution in [1.29, 1.82) is 0 Å². The highest BCUT2D eigenvalue weighted by atomic mass is 32.2. The van der Waals surface area contributed by atoms with E-state index >= 15 is 0 Å². The lowest BCUT2D eigenvalue weighted by atomic mass is 9.84. The Balaban J connectivity index is 1.63. The fourth-order valence-electron chi connectivity index (χ4n) is 4.38. The van der Waals surface area contributed by atoms with Gasteiger partial charge in [-0.05, 0) is 39.2 Å². The molecule has 1 aliphatic carbocycles. The number of aromatic nitrogens is 2. The van der Waals surface area contributed by atoms with Crippen LogP contribution in [0.2, 0.25) is 0 Å². The summed E-state index contributed by atoms with van der Waals surface area (Å²) in [7, 11) is -3.05.